The summed E-state index contributed by atoms with van der Waals surface area (Å²) in [6.07, 6.45) is 5.64. The minimum atomic E-state index is -0.266. The van der Waals surface area contributed by atoms with Crippen LogP contribution in [0.1, 0.15) is 43.4 Å². The van der Waals surface area contributed by atoms with Crippen LogP contribution >= 0.6 is 0 Å². The summed E-state index contributed by atoms with van der Waals surface area (Å²) in [7, 11) is 1.85. The highest BCUT2D eigenvalue weighted by Gasteiger charge is 2.22. The normalized spacial score (nSPS) is 14.6. The van der Waals surface area contributed by atoms with E-state index in [4.69, 9.17) is 0 Å². The zero-order valence-electron chi connectivity index (χ0n) is 20.9. The first-order valence-electron chi connectivity index (χ1n) is 12.7. The third-order valence-electron chi connectivity index (χ3n) is 6.77. The lowest BCUT2D eigenvalue weighted by Crippen LogP contribution is -2.48. The van der Waals surface area contributed by atoms with Gasteiger partial charge in [-0.3, -0.25) is 10.00 Å². The number of carbonyl (C=O) groups is 1. The molecule has 0 spiro atoms. The second kappa shape index (κ2) is 12.6. The molecule has 1 saturated heterocycles. The van der Waals surface area contributed by atoms with Crippen LogP contribution in [0.15, 0.2) is 54.6 Å². The third-order valence-corrected chi connectivity index (χ3v) is 6.77. The maximum absolute atomic E-state index is 13.4. The first kappa shape index (κ1) is 25.8. The van der Waals surface area contributed by atoms with Gasteiger partial charge in [-0.15, -0.1) is 0 Å². The molecule has 2 heterocycles. The molecule has 0 bridgehead atoms. The maximum Gasteiger partial charge on any atom is 0.317 e. The van der Waals surface area contributed by atoms with Gasteiger partial charge in [-0.05, 0) is 68.0 Å². The predicted molar refractivity (Wildman–Crippen MR) is 137 cm³/mol. The van der Waals surface area contributed by atoms with Crippen LogP contribution in [0.2, 0.25) is 0 Å². The van der Waals surface area contributed by atoms with Gasteiger partial charge in [-0.25, -0.2) is 13.6 Å². The summed E-state index contributed by atoms with van der Waals surface area (Å²) in [4.78, 5) is 16.7. The molecular weight excluding hydrogens is 460 g/mol. The molecule has 36 heavy (non-hydrogen) atoms. The van der Waals surface area contributed by atoms with Crippen LogP contribution in [-0.4, -0.2) is 58.8 Å². The van der Waals surface area contributed by atoms with Crippen LogP contribution in [0, 0.1) is 11.6 Å². The fourth-order valence-electron chi connectivity index (χ4n) is 4.60. The summed E-state index contributed by atoms with van der Waals surface area (Å²) in [5.74, 6) is -0.476. The van der Waals surface area contributed by atoms with Crippen molar-refractivity contribution in [1.82, 2.24) is 25.3 Å². The van der Waals surface area contributed by atoms with Gasteiger partial charge in [0.25, 0.3) is 0 Å². The van der Waals surface area contributed by atoms with Crippen LogP contribution in [0.5, 0.6) is 0 Å². The number of hydrogen-bond donors (Lipinski definition) is 2. The minimum absolute atomic E-state index is 0.0136. The minimum Gasteiger partial charge on any atom is -0.335 e. The fraction of sp³-hybridized carbons (Fsp3) is 0.429. The van der Waals surface area contributed by atoms with Crippen molar-refractivity contribution in [3.63, 3.8) is 0 Å². The Kier molecular flexibility index (Phi) is 9.06. The van der Waals surface area contributed by atoms with Crippen LogP contribution in [-0.2, 0) is 13.0 Å². The number of halogens is 2. The molecular formula is C28H35F2N5O. The molecule has 2 aromatic carbocycles. The van der Waals surface area contributed by atoms with Crippen molar-refractivity contribution in [2.45, 2.75) is 51.1 Å². The number of aromatic amines is 1. The first-order chi connectivity index (χ1) is 17.5. The Morgan fingerprint density at radius 2 is 1.83 bits per heavy atom. The zero-order valence-corrected chi connectivity index (χ0v) is 20.9. The lowest BCUT2D eigenvalue weighted by atomic mass is 10.0. The molecule has 2 N–H and O–H groups in total. The van der Waals surface area contributed by atoms with E-state index in [-0.39, 0.29) is 23.7 Å². The number of urea groups is 1. The lowest BCUT2D eigenvalue weighted by molar-refractivity contribution is 0.174. The molecule has 0 unspecified atom stereocenters. The van der Waals surface area contributed by atoms with E-state index in [0.717, 1.165) is 80.7 Å². The van der Waals surface area contributed by atoms with Gasteiger partial charge in [0.15, 0.2) is 0 Å². The number of nitrogens with one attached hydrogen (secondary N) is 2. The topological polar surface area (TPSA) is 64.3 Å². The second-order valence-electron chi connectivity index (χ2n) is 9.65. The molecule has 1 fully saturated rings. The van der Waals surface area contributed by atoms with Gasteiger partial charge in [0.05, 0.1) is 5.69 Å². The van der Waals surface area contributed by atoms with Crippen molar-refractivity contribution in [2.75, 3.05) is 26.7 Å². The van der Waals surface area contributed by atoms with E-state index in [9.17, 15) is 13.6 Å². The number of amides is 2. The Balaban J connectivity index is 1.09. The number of piperidine rings is 1. The molecule has 2 amide bonds. The second-order valence-corrected chi connectivity index (χ2v) is 9.65. The van der Waals surface area contributed by atoms with Crippen LogP contribution in [0.3, 0.4) is 0 Å². The molecule has 6 nitrogen and oxygen atoms in total. The quantitative estimate of drug-likeness (QED) is 0.372. The van der Waals surface area contributed by atoms with Crippen LogP contribution in [0.4, 0.5) is 13.6 Å². The molecule has 4 rings (SSSR count). The molecule has 1 aliphatic rings. The molecule has 8 heteroatoms. The predicted octanol–water partition coefficient (Wildman–Crippen LogP) is 5.37. The SMILES string of the molecule is CN(CCCCCc1cc(-c2cccc(F)c2)n[nH]1)C(=O)NC1CCN(Cc2ccc(F)cc2)CC1. The molecule has 0 aliphatic carbocycles. The summed E-state index contributed by atoms with van der Waals surface area (Å²) in [5, 5.41) is 10.5. The fourth-order valence-corrected chi connectivity index (χ4v) is 4.60. The number of likely N-dealkylation sites (tertiary alicyclic amines) is 1. The van der Waals surface area contributed by atoms with E-state index in [0.29, 0.717) is 6.54 Å². The van der Waals surface area contributed by atoms with Crippen molar-refractivity contribution in [1.29, 1.82) is 0 Å². The number of rotatable bonds is 10. The molecule has 0 radical (unpaired) electrons. The van der Waals surface area contributed by atoms with Gasteiger partial charge in [-0.2, -0.15) is 5.10 Å². The Labute approximate surface area is 211 Å². The Morgan fingerprint density at radius 1 is 1.06 bits per heavy atom. The summed E-state index contributed by atoms with van der Waals surface area (Å²) < 4.78 is 26.5. The van der Waals surface area contributed by atoms with Crippen molar-refractivity contribution in [2.24, 2.45) is 0 Å². The number of benzene rings is 2. The number of unbranched alkanes of at least 4 members (excludes halogenated alkanes) is 2. The van der Waals surface area contributed by atoms with E-state index in [1.54, 1.807) is 11.0 Å². The summed E-state index contributed by atoms with van der Waals surface area (Å²) in [6, 6.07) is 15.3. The van der Waals surface area contributed by atoms with Crippen molar-refractivity contribution in [3.05, 3.63) is 77.5 Å². The number of hydrogen-bond acceptors (Lipinski definition) is 3. The number of H-pyrrole nitrogens is 1. The number of nitrogens with zero attached hydrogens (tertiary/aromatic N) is 3. The first-order valence-corrected chi connectivity index (χ1v) is 12.7. The monoisotopic (exact) mass is 495 g/mol. The average Bonchev–Trinajstić information content (AvgIpc) is 3.35. The largest absolute Gasteiger partial charge is 0.335 e. The molecule has 0 saturated carbocycles. The van der Waals surface area contributed by atoms with Crippen LogP contribution in [0.25, 0.3) is 11.3 Å². The standard InChI is InChI=1S/C28H35F2N5O/c1-34(15-4-2-3-8-26-19-27(33-32-26)22-6-5-7-24(30)18-22)28(36)31-25-13-16-35(17-14-25)20-21-9-11-23(29)12-10-21/h5-7,9-12,18-19,25H,2-4,8,13-17,20H2,1H3,(H,31,36)(H,32,33). The van der Waals surface area contributed by atoms with E-state index >= 15 is 0 Å². The Morgan fingerprint density at radius 3 is 2.58 bits per heavy atom. The molecule has 1 aliphatic heterocycles. The van der Waals surface area contributed by atoms with Crippen molar-refractivity contribution >= 4 is 6.03 Å². The van der Waals surface area contributed by atoms with E-state index in [1.165, 1.54) is 24.3 Å². The summed E-state index contributed by atoms with van der Waals surface area (Å²) in [6.45, 7) is 3.36. The molecule has 1 aromatic heterocycles. The van der Waals surface area contributed by atoms with Crippen molar-refractivity contribution < 1.29 is 13.6 Å². The van der Waals surface area contributed by atoms with Gasteiger partial charge in [-0.1, -0.05) is 30.7 Å². The molecule has 192 valence electrons. The third kappa shape index (κ3) is 7.62. The van der Waals surface area contributed by atoms with Crippen LogP contribution < -0.4 is 5.32 Å². The smallest absolute Gasteiger partial charge is 0.317 e. The van der Waals surface area contributed by atoms with Gasteiger partial charge < -0.3 is 10.2 Å². The highest BCUT2D eigenvalue weighted by Crippen LogP contribution is 2.19. The summed E-state index contributed by atoms with van der Waals surface area (Å²) in [5.41, 5.74) is 3.66. The highest BCUT2D eigenvalue weighted by molar-refractivity contribution is 5.74. The number of aryl methyl sites for hydroxylation is 1. The number of carbonyl (C=O) groups excluding carboxylic acids is 1. The van der Waals surface area contributed by atoms with E-state index < -0.39 is 0 Å². The van der Waals surface area contributed by atoms with Gasteiger partial charge in [0, 0.05) is 50.5 Å². The molecule has 0 atom stereocenters. The van der Waals surface area contributed by atoms with Gasteiger partial charge in [0.1, 0.15) is 11.6 Å². The van der Waals surface area contributed by atoms with Gasteiger partial charge >= 0.3 is 6.03 Å². The van der Waals surface area contributed by atoms with E-state index in [1.807, 2.05) is 31.3 Å². The van der Waals surface area contributed by atoms with E-state index in [2.05, 4.69) is 20.4 Å². The maximum atomic E-state index is 13.4. The zero-order chi connectivity index (χ0) is 25.3. The van der Waals surface area contributed by atoms with Crippen molar-refractivity contribution in [3.8, 4) is 11.3 Å². The Hall–Kier alpha value is -3.26. The van der Waals surface area contributed by atoms with Gasteiger partial charge in [0.2, 0.25) is 0 Å². The molecule has 3 aromatic rings. The average molecular weight is 496 g/mol. The summed E-state index contributed by atoms with van der Waals surface area (Å²) >= 11 is 0. The number of aromatic nitrogens is 2. The highest BCUT2D eigenvalue weighted by atomic mass is 19.1. The lowest BCUT2D eigenvalue weighted by Gasteiger charge is -2.33. The Bertz CT molecular complexity index is 1110.